The molecule has 1 aromatic rings. The van der Waals surface area contributed by atoms with Crippen molar-refractivity contribution < 1.29 is 4.74 Å². The van der Waals surface area contributed by atoms with Gasteiger partial charge in [-0.2, -0.15) is 0 Å². The minimum atomic E-state index is 0.389. The Balaban J connectivity index is 1.65. The lowest BCUT2D eigenvalue weighted by atomic mass is 9.83. The summed E-state index contributed by atoms with van der Waals surface area (Å²) in [6, 6.07) is 9.44. The van der Waals surface area contributed by atoms with Gasteiger partial charge in [-0.1, -0.05) is 12.1 Å². The van der Waals surface area contributed by atoms with Crippen LogP contribution in [0.1, 0.15) is 31.4 Å². The van der Waals surface area contributed by atoms with Crippen molar-refractivity contribution in [3.8, 4) is 5.75 Å². The Hall–Kier alpha value is -1.06. The molecule has 1 N–H and O–H groups in total. The molecule has 0 spiro atoms. The van der Waals surface area contributed by atoms with Gasteiger partial charge in [0.25, 0.3) is 0 Å². The number of nitrogens with one attached hydrogen (secondary N) is 1. The fraction of sp³-hybridized carbons (Fsp3) is 0.625. The summed E-state index contributed by atoms with van der Waals surface area (Å²) < 4.78 is 5.31. The standard InChI is InChI=1S/C16H24N2O/c1-12(14-4-3-5-15(10-14)19-2)17-16-11-18-8-6-13(16)7-9-18/h3-5,10,12-13,16-17H,6-9,11H2,1-2H3. The van der Waals surface area contributed by atoms with Crippen molar-refractivity contribution in [2.75, 3.05) is 26.7 Å². The summed E-state index contributed by atoms with van der Waals surface area (Å²) in [5, 5.41) is 3.82. The number of hydrogen-bond donors (Lipinski definition) is 1. The molecule has 4 rings (SSSR count). The number of benzene rings is 1. The van der Waals surface area contributed by atoms with Gasteiger partial charge in [-0.3, -0.25) is 0 Å². The predicted molar refractivity (Wildman–Crippen MR) is 77.5 cm³/mol. The van der Waals surface area contributed by atoms with Gasteiger partial charge in [0, 0.05) is 18.6 Å². The van der Waals surface area contributed by atoms with E-state index in [1.54, 1.807) is 7.11 Å². The van der Waals surface area contributed by atoms with Crippen LogP contribution in [-0.4, -0.2) is 37.7 Å². The molecule has 3 heterocycles. The molecule has 0 aliphatic carbocycles. The Morgan fingerprint density at radius 2 is 2.11 bits per heavy atom. The lowest BCUT2D eigenvalue weighted by molar-refractivity contribution is 0.0680. The van der Waals surface area contributed by atoms with Crippen LogP contribution in [0, 0.1) is 5.92 Å². The molecule has 0 radical (unpaired) electrons. The molecule has 3 saturated heterocycles. The first-order valence-electron chi connectivity index (χ1n) is 7.38. The second-order valence-corrected chi connectivity index (χ2v) is 5.91. The molecule has 19 heavy (non-hydrogen) atoms. The monoisotopic (exact) mass is 260 g/mol. The topological polar surface area (TPSA) is 24.5 Å². The van der Waals surface area contributed by atoms with E-state index >= 15 is 0 Å². The number of hydrogen-bond acceptors (Lipinski definition) is 3. The minimum absolute atomic E-state index is 0.389. The highest BCUT2D eigenvalue weighted by atomic mass is 16.5. The summed E-state index contributed by atoms with van der Waals surface area (Å²) in [5.41, 5.74) is 1.32. The first-order chi connectivity index (χ1) is 9.26. The third-order valence-electron chi connectivity index (χ3n) is 4.71. The van der Waals surface area contributed by atoms with Crippen LogP contribution in [0.2, 0.25) is 0 Å². The van der Waals surface area contributed by atoms with Crippen LogP contribution in [0.15, 0.2) is 24.3 Å². The van der Waals surface area contributed by atoms with Crippen molar-refractivity contribution in [2.45, 2.75) is 31.8 Å². The molecule has 3 aliphatic heterocycles. The molecule has 104 valence electrons. The van der Waals surface area contributed by atoms with E-state index in [9.17, 15) is 0 Å². The predicted octanol–water partition coefficient (Wildman–Crippen LogP) is 2.44. The van der Waals surface area contributed by atoms with Crippen LogP contribution in [0.3, 0.4) is 0 Å². The fourth-order valence-corrected chi connectivity index (χ4v) is 3.48. The Labute approximate surface area is 115 Å². The molecule has 3 heteroatoms. The number of nitrogens with zero attached hydrogens (tertiary/aromatic N) is 1. The molecule has 0 amide bonds. The molecule has 2 unspecified atom stereocenters. The Morgan fingerprint density at radius 1 is 1.32 bits per heavy atom. The van der Waals surface area contributed by atoms with Gasteiger partial charge in [-0.15, -0.1) is 0 Å². The van der Waals surface area contributed by atoms with E-state index in [4.69, 9.17) is 4.74 Å². The van der Waals surface area contributed by atoms with Gasteiger partial charge in [-0.25, -0.2) is 0 Å². The number of ether oxygens (including phenoxy) is 1. The summed E-state index contributed by atoms with van der Waals surface area (Å²) in [5.74, 6) is 1.82. The third kappa shape index (κ3) is 2.77. The summed E-state index contributed by atoms with van der Waals surface area (Å²) in [6.07, 6.45) is 2.73. The molecular formula is C16H24N2O. The van der Waals surface area contributed by atoms with Crippen LogP contribution >= 0.6 is 0 Å². The number of piperidine rings is 3. The zero-order valence-electron chi connectivity index (χ0n) is 11.9. The van der Waals surface area contributed by atoms with Crippen LogP contribution in [0.25, 0.3) is 0 Å². The van der Waals surface area contributed by atoms with E-state index in [1.807, 2.05) is 6.07 Å². The second kappa shape index (κ2) is 5.51. The highest BCUT2D eigenvalue weighted by Crippen LogP contribution is 2.29. The SMILES string of the molecule is COc1cccc(C(C)NC2CN3CCC2CC3)c1. The summed E-state index contributed by atoms with van der Waals surface area (Å²) in [6.45, 7) is 6.08. The molecular weight excluding hydrogens is 236 g/mol. The summed E-state index contributed by atoms with van der Waals surface area (Å²) >= 11 is 0. The van der Waals surface area contributed by atoms with Gasteiger partial charge in [0.1, 0.15) is 5.75 Å². The second-order valence-electron chi connectivity index (χ2n) is 5.91. The van der Waals surface area contributed by atoms with E-state index in [-0.39, 0.29) is 0 Å². The molecule has 0 saturated carbocycles. The largest absolute Gasteiger partial charge is 0.497 e. The quantitative estimate of drug-likeness (QED) is 0.900. The van der Waals surface area contributed by atoms with Crippen molar-refractivity contribution in [1.29, 1.82) is 0 Å². The maximum absolute atomic E-state index is 5.31. The average molecular weight is 260 g/mol. The minimum Gasteiger partial charge on any atom is -0.497 e. The number of methoxy groups -OCH3 is 1. The van der Waals surface area contributed by atoms with Crippen LogP contribution in [0.4, 0.5) is 0 Å². The average Bonchev–Trinajstić information content (AvgIpc) is 2.48. The molecule has 2 bridgehead atoms. The van der Waals surface area contributed by atoms with Crippen molar-refractivity contribution in [3.63, 3.8) is 0 Å². The fourth-order valence-electron chi connectivity index (χ4n) is 3.48. The van der Waals surface area contributed by atoms with Gasteiger partial charge < -0.3 is 15.0 Å². The van der Waals surface area contributed by atoms with E-state index in [1.165, 1.54) is 38.0 Å². The molecule has 3 aliphatic rings. The van der Waals surface area contributed by atoms with Gasteiger partial charge in [0.15, 0.2) is 0 Å². The van der Waals surface area contributed by atoms with Gasteiger partial charge >= 0.3 is 0 Å². The lowest BCUT2D eigenvalue weighted by Gasteiger charge is -2.46. The van der Waals surface area contributed by atoms with Crippen molar-refractivity contribution in [3.05, 3.63) is 29.8 Å². The maximum Gasteiger partial charge on any atom is 0.119 e. The Kier molecular flexibility index (Phi) is 3.76. The van der Waals surface area contributed by atoms with Crippen molar-refractivity contribution in [1.82, 2.24) is 10.2 Å². The lowest BCUT2D eigenvalue weighted by Crippen LogP contribution is -2.56. The molecule has 3 nitrogen and oxygen atoms in total. The molecule has 2 atom stereocenters. The highest BCUT2D eigenvalue weighted by molar-refractivity contribution is 5.30. The normalized spacial score (nSPS) is 31.2. The van der Waals surface area contributed by atoms with E-state index in [2.05, 4.69) is 35.3 Å². The Bertz CT molecular complexity index is 427. The number of fused-ring (bicyclic) bond motifs is 3. The molecule has 1 aromatic carbocycles. The van der Waals surface area contributed by atoms with Gasteiger partial charge in [-0.05, 0) is 56.5 Å². The van der Waals surface area contributed by atoms with Crippen molar-refractivity contribution >= 4 is 0 Å². The highest BCUT2D eigenvalue weighted by Gasteiger charge is 2.34. The summed E-state index contributed by atoms with van der Waals surface area (Å²) in [4.78, 5) is 2.59. The van der Waals surface area contributed by atoms with Gasteiger partial charge in [0.2, 0.25) is 0 Å². The molecule has 3 fully saturated rings. The number of rotatable bonds is 4. The third-order valence-corrected chi connectivity index (χ3v) is 4.71. The van der Waals surface area contributed by atoms with Crippen LogP contribution in [-0.2, 0) is 0 Å². The van der Waals surface area contributed by atoms with Crippen LogP contribution < -0.4 is 10.1 Å². The molecule has 0 aromatic heterocycles. The van der Waals surface area contributed by atoms with Crippen molar-refractivity contribution in [2.24, 2.45) is 5.92 Å². The summed E-state index contributed by atoms with van der Waals surface area (Å²) in [7, 11) is 1.73. The first kappa shape index (κ1) is 12.9. The Morgan fingerprint density at radius 3 is 2.74 bits per heavy atom. The van der Waals surface area contributed by atoms with Crippen LogP contribution in [0.5, 0.6) is 5.75 Å². The first-order valence-corrected chi connectivity index (χ1v) is 7.38. The maximum atomic E-state index is 5.31. The zero-order chi connectivity index (χ0) is 13.2. The van der Waals surface area contributed by atoms with E-state index in [0.29, 0.717) is 12.1 Å². The zero-order valence-corrected chi connectivity index (χ0v) is 11.9. The van der Waals surface area contributed by atoms with E-state index < -0.39 is 0 Å². The van der Waals surface area contributed by atoms with Gasteiger partial charge in [0.05, 0.1) is 7.11 Å². The van der Waals surface area contributed by atoms with E-state index in [0.717, 1.165) is 11.7 Å². The smallest absolute Gasteiger partial charge is 0.119 e.